The van der Waals surface area contributed by atoms with Gasteiger partial charge in [0.1, 0.15) is 28.9 Å². The number of carbonyl (C=O) groups is 1. The Bertz CT molecular complexity index is 1600. The van der Waals surface area contributed by atoms with Crippen molar-refractivity contribution in [1.29, 1.82) is 0 Å². The SMILES string of the molecule is COc1ccc2cc(C)nc(Oc3ccc(C[C@H](Nc4c(N5C(C)CCC5C)c(=O)c4=O)C(=O)O)cc3)c2c1. The van der Waals surface area contributed by atoms with Crippen LogP contribution in [-0.2, 0) is 11.2 Å². The van der Waals surface area contributed by atoms with Crippen LogP contribution in [0.5, 0.6) is 17.4 Å². The summed E-state index contributed by atoms with van der Waals surface area (Å²) in [5.41, 5.74) is 0.724. The predicted octanol–water partition coefficient (Wildman–Crippen LogP) is 4.43. The standard InChI is InChI=1S/C30H31N3O6/c1-16-13-20-9-12-22(38-4)15-23(20)29(31-16)39-21-10-7-19(8-11-21)14-24(30(36)37)32-25-26(28(35)27(25)34)33-17(2)5-6-18(33)3/h7-13,15,17-18,24,32H,5-6,14H2,1-4H3,(H,36,37)/t17?,18?,24-/m0/s1. The third kappa shape index (κ3) is 5.04. The summed E-state index contributed by atoms with van der Waals surface area (Å²) in [6, 6.07) is 13.9. The molecule has 1 fully saturated rings. The number of carboxylic acids is 1. The average molecular weight is 530 g/mol. The number of methoxy groups -OCH3 is 1. The summed E-state index contributed by atoms with van der Waals surface area (Å²) in [7, 11) is 1.60. The number of pyridine rings is 1. The normalized spacial score (nSPS) is 17.9. The number of fused-ring (bicyclic) bond motifs is 1. The van der Waals surface area contributed by atoms with Gasteiger partial charge < -0.3 is 24.8 Å². The zero-order valence-corrected chi connectivity index (χ0v) is 22.4. The second-order valence-corrected chi connectivity index (χ2v) is 10.2. The lowest BCUT2D eigenvalue weighted by Gasteiger charge is -2.32. The van der Waals surface area contributed by atoms with E-state index >= 15 is 0 Å². The number of nitrogens with one attached hydrogen (secondary N) is 1. The first kappa shape index (κ1) is 26.2. The van der Waals surface area contributed by atoms with E-state index in [0.29, 0.717) is 23.1 Å². The van der Waals surface area contributed by atoms with Crippen LogP contribution in [0.25, 0.3) is 10.8 Å². The Kier molecular flexibility index (Phi) is 6.99. The van der Waals surface area contributed by atoms with Gasteiger partial charge in [-0.15, -0.1) is 0 Å². The number of ether oxygens (including phenoxy) is 2. The Labute approximate surface area is 225 Å². The van der Waals surface area contributed by atoms with Crippen LogP contribution in [-0.4, -0.2) is 41.3 Å². The summed E-state index contributed by atoms with van der Waals surface area (Å²) in [5, 5.41) is 14.5. The molecule has 202 valence electrons. The van der Waals surface area contributed by atoms with Gasteiger partial charge >= 0.3 is 5.97 Å². The lowest BCUT2D eigenvalue weighted by Crippen LogP contribution is -2.48. The summed E-state index contributed by atoms with van der Waals surface area (Å²) in [5.74, 6) is 0.572. The van der Waals surface area contributed by atoms with Gasteiger partial charge in [-0.1, -0.05) is 18.2 Å². The van der Waals surface area contributed by atoms with Crippen LogP contribution in [0.15, 0.2) is 58.1 Å². The highest BCUT2D eigenvalue weighted by atomic mass is 16.5. The van der Waals surface area contributed by atoms with Crippen LogP contribution in [0, 0.1) is 6.92 Å². The molecule has 1 aliphatic heterocycles. The molecule has 0 spiro atoms. The zero-order valence-electron chi connectivity index (χ0n) is 22.4. The van der Waals surface area contributed by atoms with Gasteiger partial charge in [-0.25, -0.2) is 9.78 Å². The fourth-order valence-electron chi connectivity index (χ4n) is 5.34. The highest BCUT2D eigenvalue weighted by Crippen LogP contribution is 2.34. The maximum atomic E-state index is 12.4. The molecule has 0 saturated carbocycles. The molecule has 5 rings (SSSR count). The quantitative estimate of drug-likeness (QED) is 0.304. The minimum Gasteiger partial charge on any atom is -0.497 e. The van der Waals surface area contributed by atoms with Crippen molar-refractivity contribution >= 4 is 28.1 Å². The number of anilines is 2. The molecule has 0 amide bonds. The number of aromatic nitrogens is 1. The van der Waals surface area contributed by atoms with Gasteiger partial charge in [-0.3, -0.25) is 9.59 Å². The molecule has 0 radical (unpaired) electrons. The number of hydrogen-bond acceptors (Lipinski definition) is 8. The molecule has 2 unspecified atom stereocenters. The molecule has 39 heavy (non-hydrogen) atoms. The number of rotatable bonds is 9. The summed E-state index contributed by atoms with van der Waals surface area (Å²) >= 11 is 0. The molecule has 1 saturated heterocycles. The molecular weight excluding hydrogens is 498 g/mol. The van der Waals surface area contributed by atoms with Crippen molar-refractivity contribution in [3.63, 3.8) is 0 Å². The fourth-order valence-corrected chi connectivity index (χ4v) is 5.34. The number of aliphatic carboxylic acids is 1. The van der Waals surface area contributed by atoms with E-state index in [1.807, 2.05) is 49.9 Å². The van der Waals surface area contributed by atoms with Gasteiger partial charge in [0.2, 0.25) is 5.88 Å². The van der Waals surface area contributed by atoms with Crippen LogP contribution >= 0.6 is 0 Å². The van der Waals surface area contributed by atoms with E-state index in [2.05, 4.69) is 10.3 Å². The van der Waals surface area contributed by atoms with Crippen molar-refractivity contribution in [2.24, 2.45) is 0 Å². The largest absolute Gasteiger partial charge is 0.497 e. The molecule has 0 bridgehead atoms. The topological polar surface area (TPSA) is 118 Å². The Morgan fingerprint density at radius 2 is 1.72 bits per heavy atom. The van der Waals surface area contributed by atoms with Gasteiger partial charge in [0.25, 0.3) is 10.9 Å². The first-order valence-corrected chi connectivity index (χ1v) is 13.0. The lowest BCUT2D eigenvalue weighted by molar-refractivity contribution is -0.137. The Morgan fingerprint density at radius 1 is 1.05 bits per heavy atom. The van der Waals surface area contributed by atoms with E-state index < -0.39 is 22.9 Å². The summed E-state index contributed by atoms with van der Waals surface area (Å²) in [6.45, 7) is 5.91. The highest BCUT2D eigenvalue weighted by Gasteiger charge is 2.36. The summed E-state index contributed by atoms with van der Waals surface area (Å²) in [4.78, 5) is 43.4. The van der Waals surface area contributed by atoms with Crippen molar-refractivity contribution < 1.29 is 19.4 Å². The highest BCUT2D eigenvalue weighted by molar-refractivity contribution is 5.89. The van der Waals surface area contributed by atoms with Crippen LogP contribution in [0.4, 0.5) is 11.4 Å². The van der Waals surface area contributed by atoms with Gasteiger partial charge in [0, 0.05) is 29.6 Å². The lowest BCUT2D eigenvalue weighted by atomic mass is 10.0. The molecular formula is C30H31N3O6. The van der Waals surface area contributed by atoms with Crippen molar-refractivity contribution in [2.45, 2.75) is 58.2 Å². The molecule has 3 atom stereocenters. The van der Waals surface area contributed by atoms with E-state index in [0.717, 1.165) is 34.9 Å². The molecule has 3 aromatic carbocycles. The number of aryl methyl sites for hydroxylation is 1. The summed E-state index contributed by atoms with van der Waals surface area (Å²) in [6.07, 6.45) is 1.94. The first-order chi connectivity index (χ1) is 18.7. The molecule has 2 heterocycles. The van der Waals surface area contributed by atoms with Gasteiger partial charge in [0.15, 0.2) is 0 Å². The van der Waals surface area contributed by atoms with Crippen molar-refractivity contribution in [2.75, 3.05) is 17.3 Å². The number of carboxylic acid groups (broad SMARTS) is 1. The van der Waals surface area contributed by atoms with E-state index in [9.17, 15) is 19.5 Å². The Morgan fingerprint density at radius 3 is 2.36 bits per heavy atom. The number of hydrogen-bond donors (Lipinski definition) is 2. The summed E-state index contributed by atoms with van der Waals surface area (Å²) < 4.78 is 11.4. The smallest absolute Gasteiger partial charge is 0.326 e. The third-order valence-corrected chi connectivity index (χ3v) is 7.42. The van der Waals surface area contributed by atoms with Crippen LogP contribution < -0.4 is 30.5 Å². The van der Waals surface area contributed by atoms with E-state index in [4.69, 9.17) is 9.47 Å². The molecule has 1 aromatic heterocycles. The Balaban J connectivity index is 1.34. The maximum absolute atomic E-state index is 12.4. The van der Waals surface area contributed by atoms with Crippen molar-refractivity contribution in [1.82, 2.24) is 4.98 Å². The molecule has 9 heteroatoms. The predicted molar refractivity (Wildman–Crippen MR) is 150 cm³/mol. The van der Waals surface area contributed by atoms with E-state index in [-0.39, 0.29) is 24.2 Å². The molecule has 9 nitrogen and oxygen atoms in total. The molecule has 2 N–H and O–H groups in total. The molecule has 4 aromatic rings. The van der Waals surface area contributed by atoms with Gasteiger partial charge in [-0.2, -0.15) is 0 Å². The average Bonchev–Trinajstić information content (AvgIpc) is 3.25. The van der Waals surface area contributed by atoms with Crippen molar-refractivity contribution in [3.05, 3.63) is 80.2 Å². The van der Waals surface area contributed by atoms with Crippen LogP contribution in [0.1, 0.15) is 37.9 Å². The van der Waals surface area contributed by atoms with Crippen LogP contribution in [0.2, 0.25) is 0 Å². The number of nitrogens with zero attached hydrogens (tertiary/aromatic N) is 2. The van der Waals surface area contributed by atoms with Gasteiger partial charge in [-0.05, 0) is 74.9 Å². The zero-order chi connectivity index (χ0) is 27.8. The molecule has 1 aliphatic rings. The van der Waals surface area contributed by atoms with Crippen molar-refractivity contribution in [3.8, 4) is 17.4 Å². The third-order valence-electron chi connectivity index (χ3n) is 7.42. The van der Waals surface area contributed by atoms with E-state index in [1.54, 1.807) is 31.4 Å². The van der Waals surface area contributed by atoms with Crippen LogP contribution in [0.3, 0.4) is 0 Å². The second kappa shape index (κ2) is 10.4. The maximum Gasteiger partial charge on any atom is 0.326 e. The second-order valence-electron chi connectivity index (χ2n) is 10.2. The first-order valence-electron chi connectivity index (χ1n) is 13.0. The molecule has 0 aliphatic carbocycles. The van der Waals surface area contributed by atoms with E-state index in [1.165, 1.54) is 0 Å². The van der Waals surface area contributed by atoms with Gasteiger partial charge in [0.05, 0.1) is 7.11 Å². The minimum absolute atomic E-state index is 0.0979. The fraction of sp³-hybridized carbons (Fsp3) is 0.333. The Hall–Kier alpha value is -4.40. The minimum atomic E-state index is -1.11. The monoisotopic (exact) mass is 529 g/mol. The number of benzene rings is 2.